The Balaban J connectivity index is 1.74. The SMILES string of the molecule is O=C(O)CC(NC(=O)C1N(C(=O)c2ccc(F)c(F)c2)CCN1S(=O)(=O)c1ccc(F)cc1)c1ccc(F)cc1. The summed E-state index contributed by atoms with van der Waals surface area (Å²) in [5.41, 5.74) is -0.195. The molecule has 40 heavy (non-hydrogen) atoms. The topological polar surface area (TPSA) is 124 Å². The van der Waals surface area contributed by atoms with Crippen LogP contribution in [0.4, 0.5) is 17.6 Å². The normalized spacial score (nSPS) is 16.5. The molecule has 1 aliphatic rings. The average molecular weight is 580 g/mol. The van der Waals surface area contributed by atoms with Crippen molar-refractivity contribution in [2.75, 3.05) is 13.1 Å². The van der Waals surface area contributed by atoms with Crippen molar-refractivity contribution in [3.63, 3.8) is 0 Å². The van der Waals surface area contributed by atoms with Gasteiger partial charge in [0.2, 0.25) is 10.0 Å². The van der Waals surface area contributed by atoms with E-state index >= 15 is 0 Å². The second-order valence-corrected chi connectivity index (χ2v) is 10.7. The number of carbonyl (C=O) groups excluding carboxylic acids is 2. The number of benzene rings is 3. The molecule has 0 radical (unpaired) electrons. The van der Waals surface area contributed by atoms with Crippen molar-refractivity contribution < 1.29 is 45.5 Å². The molecule has 3 aromatic carbocycles. The van der Waals surface area contributed by atoms with Gasteiger partial charge in [0, 0.05) is 18.7 Å². The van der Waals surface area contributed by atoms with Crippen LogP contribution in [0.5, 0.6) is 0 Å². The molecule has 0 bridgehead atoms. The summed E-state index contributed by atoms with van der Waals surface area (Å²) >= 11 is 0. The molecule has 2 amide bonds. The predicted molar refractivity (Wildman–Crippen MR) is 131 cm³/mol. The highest BCUT2D eigenvalue weighted by Crippen LogP contribution is 2.28. The van der Waals surface area contributed by atoms with Crippen molar-refractivity contribution in [3.05, 3.63) is 101 Å². The molecule has 2 atom stereocenters. The Hall–Kier alpha value is -4.30. The first-order valence-electron chi connectivity index (χ1n) is 11.7. The third kappa shape index (κ3) is 5.97. The Kier molecular flexibility index (Phi) is 8.21. The van der Waals surface area contributed by atoms with Gasteiger partial charge < -0.3 is 15.3 Å². The second kappa shape index (κ2) is 11.4. The van der Waals surface area contributed by atoms with E-state index in [1.807, 2.05) is 0 Å². The minimum atomic E-state index is -4.53. The fourth-order valence-electron chi connectivity index (χ4n) is 4.25. The molecule has 1 saturated heterocycles. The first-order valence-corrected chi connectivity index (χ1v) is 13.1. The third-order valence-corrected chi connectivity index (χ3v) is 8.05. The van der Waals surface area contributed by atoms with Gasteiger partial charge in [0.25, 0.3) is 11.8 Å². The van der Waals surface area contributed by atoms with Crippen LogP contribution in [0.1, 0.15) is 28.4 Å². The fraction of sp³-hybridized carbons (Fsp3) is 0.192. The van der Waals surface area contributed by atoms with Crippen molar-refractivity contribution in [1.82, 2.24) is 14.5 Å². The van der Waals surface area contributed by atoms with Gasteiger partial charge in [-0.2, -0.15) is 4.31 Å². The number of aliphatic carboxylic acids is 1. The number of hydrogen-bond donors (Lipinski definition) is 2. The number of carboxylic acids is 1. The van der Waals surface area contributed by atoms with Gasteiger partial charge in [-0.05, 0) is 60.2 Å². The van der Waals surface area contributed by atoms with E-state index in [0.717, 1.165) is 47.4 Å². The molecule has 0 aliphatic carbocycles. The van der Waals surface area contributed by atoms with Crippen molar-refractivity contribution in [2.24, 2.45) is 0 Å². The summed E-state index contributed by atoms with van der Waals surface area (Å²) in [6.45, 7) is -0.760. The Morgan fingerprint density at radius 2 is 1.48 bits per heavy atom. The molecule has 0 aromatic heterocycles. The van der Waals surface area contributed by atoms with Crippen molar-refractivity contribution >= 4 is 27.8 Å². The molecular formula is C26H21F4N3O6S. The standard InChI is InChI=1S/C26H21F4N3O6S/c27-17-4-1-15(2-5-17)22(14-23(34)35)31-24(36)25-32(26(37)16-3-10-20(29)21(30)13-16)11-12-33(25)40(38,39)19-8-6-18(28)7-9-19/h1-10,13,22,25H,11-12,14H2,(H,31,36)(H,34,35). The number of amides is 2. The molecule has 1 aliphatic heterocycles. The Bertz CT molecular complexity index is 1550. The van der Waals surface area contributed by atoms with Gasteiger partial charge in [0.1, 0.15) is 11.6 Å². The van der Waals surface area contributed by atoms with Gasteiger partial charge in [0.15, 0.2) is 17.8 Å². The van der Waals surface area contributed by atoms with E-state index in [9.17, 15) is 45.5 Å². The number of nitrogens with one attached hydrogen (secondary N) is 1. The maximum absolute atomic E-state index is 13.9. The number of sulfonamides is 1. The lowest BCUT2D eigenvalue weighted by Crippen LogP contribution is -2.54. The van der Waals surface area contributed by atoms with Crippen LogP contribution in [0.2, 0.25) is 0 Å². The average Bonchev–Trinajstić information content (AvgIpc) is 3.36. The van der Waals surface area contributed by atoms with E-state index in [1.165, 1.54) is 12.1 Å². The molecule has 0 spiro atoms. The van der Waals surface area contributed by atoms with Gasteiger partial charge in [-0.3, -0.25) is 14.4 Å². The van der Waals surface area contributed by atoms with E-state index in [4.69, 9.17) is 0 Å². The zero-order chi connectivity index (χ0) is 29.2. The van der Waals surface area contributed by atoms with Gasteiger partial charge in [0.05, 0.1) is 17.4 Å². The lowest BCUT2D eigenvalue weighted by Gasteiger charge is -2.30. The van der Waals surface area contributed by atoms with E-state index in [0.29, 0.717) is 16.4 Å². The van der Waals surface area contributed by atoms with E-state index in [-0.39, 0.29) is 17.7 Å². The Morgan fingerprint density at radius 3 is 2.05 bits per heavy atom. The number of carbonyl (C=O) groups is 3. The quantitative estimate of drug-likeness (QED) is 0.396. The first-order chi connectivity index (χ1) is 18.9. The van der Waals surface area contributed by atoms with E-state index in [2.05, 4.69) is 5.32 Å². The van der Waals surface area contributed by atoms with Crippen molar-refractivity contribution in [3.8, 4) is 0 Å². The third-order valence-electron chi connectivity index (χ3n) is 6.18. The van der Waals surface area contributed by atoms with E-state index < -0.39 is 81.1 Å². The lowest BCUT2D eigenvalue weighted by atomic mass is 10.0. The van der Waals surface area contributed by atoms with E-state index in [1.54, 1.807) is 0 Å². The number of carboxylic acid groups (broad SMARTS) is 1. The monoisotopic (exact) mass is 579 g/mol. The van der Waals surface area contributed by atoms with Crippen molar-refractivity contribution in [1.29, 1.82) is 0 Å². The summed E-state index contributed by atoms with van der Waals surface area (Å²) in [6.07, 6.45) is -2.57. The minimum absolute atomic E-state index is 0.182. The second-order valence-electron chi connectivity index (χ2n) is 8.78. The summed E-state index contributed by atoms with van der Waals surface area (Å²) in [4.78, 5) is 38.8. The van der Waals surface area contributed by atoms with Crippen LogP contribution in [0.15, 0.2) is 71.6 Å². The van der Waals surface area contributed by atoms with Gasteiger partial charge in [-0.1, -0.05) is 12.1 Å². The van der Waals surface area contributed by atoms with Crippen LogP contribution in [0.3, 0.4) is 0 Å². The van der Waals surface area contributed by atoms with Gasteiger partial charge >= 0.3 is 5.97 Å². The van der Waals surface area contributed by atoms with Gasteiger partial charge in [-0.15, -0.1) is 0 Å². The smallest absolute Gasteiger partial charge is 0.305 e. The molecule has 4 rings (SSSR count). The maximum Gasteiger partial charge on any atom is 0.305 e. The molecule has 0 saturated carbocycles. The molecule has 1 heterocycles. The van der Waals surface area contributed by atoms with Crippen LogP contribution in [0.25, 0.3) is 0 Å². The largest absolute Gasteiger partial charge is 0.481 e. The zero-order valence-corrected chi connectivity index (χ0v) is 21.2. The summed E-state index contributed by atoms with van der Waals surface area (Å²) in [7, 11) is -4.53. The predicted octanol–water partition coefficient (Wildman–Crippen LogP) is 3.05. The minimum Gasteiger partial charge on any atom is -0.481 e. The maximum atomic E-state index is 13.9. The van der Waals surface area contributed by atoms with Gasteiger partial charge in [-0.25, -0.2) is 26.0 Å². The summed E-state index contributed by atoms with van der Waals surface area (Å²) < 4.78 is 81.8. The number of halogens is 4. The molecule has 210 valence electrons. The lowest BCUT2D eigenvalue weighted by molar-refractivity contribution is -0.138. The molecule has 2 unspecified atom stereocenters. The number of rotatable bonds is 8. The molecule has 2 N–H and O–H groups in total. The van der Waals surface area contributed by atoms with Crippen LogP contribution < -0.4 is 5.32 Å². The highest BCUT2D eigenvalue weighted by atomic mass is 32.2. The van der Waals surface area contributed by atoms with Crippen LogP contribution in [-0.2, 0) is 19.6 Å². The highest BCUT2D eigenvalue weighted by Gasteiger charge is 2.47. The Morgan fingerprint density at radius 1 is 0.875 bits per heavy atom. The molecular weight excluding hydrogens is 558 g/mol. The molecule has 1 fully saturated rings. The summed E-state index contributed by atoms with van der Waals surface area (Å²) in [5.74, 6) is -7.39. The van der Waals surface area contributed by atoms with Crippen LogP contribution >= 0.6 is 0 Å². The first kappa shape index (κ1) is 28.7. The molecule has 14 heteroatoms. The number of hydrogen-bond acceptors (Lipinski definition) is 5. The molecule has 3 aromatic rings. The highest BCUT2D eigenvalue weighted by molar-refractivity contribution is 7.89. The Labute approximate surface area is 225 Å². The van der Waals surface area contributed by atoms with Crippen LogP contribution in [-0.4, -0.2) is 59.8 Å². The van der Waals surface area contributed by atoms with Crippen LogP contribution in [0, 0.1) is 23.3 Å². The zero-order valence-electron chi connectivity index (χ0n) is 20.4. The van der Waals surface area contributed by atoms with Crippen molar-refractivity contribution in [2.45, 2.75) is 23.5 Å². The summed E-state index contributed by atoms with van der Waals surface area (Å²) in [6, 6.07) is 9.22. The summed E-state index contributed by atoms with van der Waals surface area (Å²) in [5, 5.41) is 11.8. The molecule has 9 nitrogen and oxygen atoms in total. The number of nitrogens with zero attached hydrogens (tertiary/aromatic N) is 2. The fourth-order valence-corrected chi connectivity index (χ4v) is 5.79.